The average Bonchev–Trinajstić information content (AvgIpc) is 3.05. The molecular formula is C30H52O2. The molecule has 10 atom stereocenters. The van der Waals surface area contributed by atoms with Gasteiger partial charge in [0.05, 0.1) is 11.2 Å². The Hall–Kier alpha value is -0.340. The van der Waals surface area contributed by atoms with Crippen LogP contribution < -0.4 is 0 Å². The summed E-state index contributed by atoms with van der Waals surface area (Å²) in [6, 6.07) is 0. The lowest BCUT2D eigenvalue weighted by molar-refractivity contribution is -0.187. The molecule has 2 heteroatoms. The Morgan fingerprint density at radius 1 is 0.938 bits per heavy atom. The molecule has 4 rings (SSSR count). The highest BCUT2D eigenvalue weighted by Crippen LogP contribution is 2.73. The van der Waals surface area contributed by atoms with Gasteiger partial charge < -0.3 is 10.2 Å². The molecule has 0 aromatic rings. The predicted molar refractivity (Wildman–Crippen MR) is 134 cm³/mol. The second-order valence-corrected chi connectivity index (χ2v) is 14.3. The fraction of sp³-hybridized carbons (Fsp3) is 0.933. The van der Waals surface area contributed by atoms with E-state index in [1.165, 1.54) is 44.9 Å². The van der Waals surface area contributed by atoms with Crippen LogP contribution in [0.3, 0.4) is 0 Å². The van der Waals surface area contributed by atoms with Crippen LogP contribution in [0.2, 0.25) is 0 Å². The zero-order valence-electron chi connectivity index (χ0n) is 22.1. The molecule has 184 valence electrons. The molecule has 0 bridgehead atoms. The zero-order valence-corrected chi connectivity index (χ0v) is 22.1. The van der Waals surface area contributed by atoms with Crippen molar-refractivity contribution in [3.05, 3.63) is 12.7 Å². The van der Waals surface area contributed by atoms with E-state index in [1.807, 2.05) is 13.0 Å². The van der Waals surface area contributed by atoms with E-state index in [1.54, 1.807) is 0 Å². The summed E-state index contributed by atoms with van der Waals surface area (Å²) in [6.07, 6.45) is 16.0. The third kappa shape index (κ3) is 3.94. The minimum atomic E-state index is -0.603. The van der Waals surface area contributed by atoms with Gasteiger partial charge in [0.2, 0.25) is 0 Å². The second-order valence-electron chi connectivity index (χ2n) is 14.3. The van der Waals surface area contributed by atoms with Crippen molar-refractivity contribution in [3.8, 4) is 0 Å². The quantitative estimate of drug-likeness (QED) is 0.416. The molecule has 0 amide bonds. The van der Waals surface area contributed by atoms with E-state index in [9.17, 15) is 10.2 Å². The molecule has 0 aromatic heterocycles. The highest BCUT2D eigenvalue weighted by atomic mass is 16.3. The van der Waals surface area contributed by atoms with Gasteiger partial charge in [-0.25, -0.2) is 0 Å². The van der Waals surface area contributed by atoms with Gasteiger partial charge in [-0.05, 0) is 137 Å². The van der Waals surface area contributed by atoms with Crippen molar-refractivity contribution >= 4 is 0 Å². The van der Waals surface area contributed by atoms with Crippen LogP contribution >= 0.6 is 0 Å². The smallest absolute Gasteiger partial charge is 0.0654 e. The maximum absolute atomic E-state index is 10.8. The van der Waals surface area contributed by atoms with Crippen molar-refractivity contribution in [3.63, 3.8) is 0 Å². The topological polar surface area (TPSA) is 40.5 Å². The Balaban J connectivity index is 1.51. The number of hydrogen-bond donors (Lipinski definition) is 2. The van der Waals surface area contributed by atoms with Crippen LogP contribution in [0, 0.1) is 45.8 Å². The Morgan fingerprint density at radius 3 is 2.28 bits per heavy atom. The summed E-state index contributed by atoms with van der Waals surface area (Å²) in [4.78, 5) is 0. The van der Waals surface area contributed by atoms with E-state index in [-0.39, 0.29) is 0 Å². The predicted octanol–water partition coefficient (Wildman–Crippen LogP) is 7.53. The molecule has 0 aromatic carbocycles. The molecule has 4 aliphatic carbocycles. The summed E-state index contributed by atoms with van der Waals surface area (Å²) in [7, 11) is 0. The average molecular weight is 445 g/mol. The first-order chi connectivity index (χ1) is 14.8. The molecule has 0 saturated heterocycles. The van der Waals surface area contributed by atoms with Gasteiger partial charge in [-0.3, -0.25) is 0 Å². The molecule has 4 saturated carbocycles. The molecule has 0 heterocycles. The Kier molecular flexibility index (Phi) is 6.28. The Morgan fingerprint density at radius 2 is 1.59 bits per heavy atom. The van der Waals surface area contributed by atoms with Crippen LogP contribution in [0.15, 0.2) is 12.7 Å². The first-order valence-corrected chi connectivity index (χ1v) is 13.8. The molecular weight excluding hydrogens is 392 g/mol. The van der Waals surface area contributed by atoms with Crippen LogP contribution in [-0.2, 0) is 0 Å². The van der Waals surface area contributed by atoms with Gasteiger partial charge in [-0.2, -0.15) is 0 Å². The van der Waals surface area contributed by atoms with E-state index in [4.69, 9.17) is 0 Å². The zero-order chi connectivity index (χ0) is 23.6. The first-order valence-electron chi connectivity index (χ1n) is 13.8. The minimum absolute atomic E-state index is 0.420. The van der Waals surface area contributed by atoms with Gasteiger partial charge in [0.25, 0.3) is 0 Å². The highest BCUT2D eigenvalue weighted by molar-refractivity contribution is 5.15. The minimum Gasteiger partial charge on any atom is -0.390 e. The Labute approximate surface area is 198 Å². The summed E-state index contributed by atoms with van der Waals surface area (Å²) in [5, 5.41) is 21.5. The van der Waals surface area contributed by atoms with Gasteiger partial charge in [0.15, 0.2) is 0 Å². The van der Waals surface area contributed by atoms with Crippen molar-refractivity contribution in [2.45, 2.75) is 130 Å². The number of fused-ring (bicyclic) bond motifs is 5. The summed E-state index contributed by atoms with van der Waals surface area (Å²) in [5.41, 5.74) is 0.293. The van der Waals surface area contributed by atoms with Gasteiger partial charge in [-0.15, -0.1) is 6.58 Å². The summed E-state index contributed by atoms with van der Waals surface area (Å²) < 4.78 is 0. The van der Waals surface area contributed by atoms with Crippen molar-refractivity contribution < 1.29 is 10.2 Å². The molecule has 4 aliphatic rings. The molecule has 0 spiro atoms. The lowest BCUT2D eigenvalue weighted by Gasteiger charge is -2.66. The standard InChI is InChI=1S/C30H52O2/c1-8-14-26(3,31)15-11-21(2)23-9-10-24-29(23,6)17-13-25-28(5)19-18-27(4,32)20-22(28)12-16-30(24,25)7/h8,21-25,31-32H,1,9-20H2,2-7H3/t21-,22+,23-,24-,25-,26+,27+,28+,29-,30+/m1/s1. The van der Waals surface area contributed by atoms with Crippen molar-refractivity contribution in [1.82, 2.24) is 0 Å². The van der Waals surface area contributed by atoms with E-state index in [0.29, 0.717) is 34.5 Å². The van der Waals surface area contributed by atoms with Crippen LogP contribution in [-0.4, -0.2) is 21.4 Å². The van der Waals surface area contributed by atoms with Crippen LogP contribution in [0.5, 0.6) is 0 Å². The molecule has 4 fully saturated rings. The second kappa shape index (κ2) is 8.11. The molecule has 32 heavy (non-hydrogen) atoms. The molecule has 2 N–H and O–H groups in total. The summed E-state index contributed by atoms with van der Waals surface area (Å²) >= 11 is 0. The van der Waals surface area contributed by atoms with Crippen molar-refractivity contribution in [2.24, 2.45) is 45.8 Å². The van der Waals surface area contributed by atoms with Gasteiger partial charge in [-0.1, -0.05) is 33.8 Å². The number of aliphatic hydroxyl groups is 2. The molecule has 0 unspecified atom stereocenters. The number of hydrogen-bond acceptors (Lipinski definition) is 2. The van der Waals surface area contributed by atoms with Gasteiger partial charge in [0.1, 0.15) is 0 Å². The third-order valence-corrected chi connectivity index (χ3v) is 12.0. The lowest BCUT2D eigenvalue weighted by atomic mass is 9.38. The lowest BCUT2D eigenvalue weighted by Crippen LogP contribution is -2.60. The highest BCUT2D eigenvalue weighted by Gasteiger charge is 2.65. The Bertz CT molecular complexity index is 710. The summed E-state index contributed by atoms with van der Waals surface area (Å²) in [5.74, 6) is 3.85. The monoisotopic (exact) mass is 444 g/mol. The van der Waals surface area contributed by atoms with Gasteiger partial charge in [0, 0.05) is 0 Å². The number of rotatable bonds is 6. The maximum atomic E-state index is 10.8. The fourth-order valence-corrected chi connectivity index (χ4v) is 10.2. The van der Waals surface area contributed by atoms with Crippen LogP contribution in [0.25, 0.3) is 0 Å². The molecule has 0 radical (unpaired) electrons. The van der Waals surface area contributed by atoms with E-state index >= 15 is 0 Å². The molecule has 0 aliphatic heterocycles. The summed E-state index contributed by atoms with van der Waals surface area (Å²) in [6.45, 7) is 18.3. The molecule has 2 nitrogen and oxygen atoms in total. The van der Waals surface area contributed by atoms with Crippen molar-refractivity contribution in [2.75, 3.05) is 0 Å². The van der Waals surface area contributed by atoms with E-state index in [0.717, 1.165) is 43.4 Å². The van der Waals surface area contributed by atoms with Crippen LogP contribution in [0.1, 0.15) is 119 Å². The van der Waals surface area contributed by atoms with E-state index < -0.39 is 11.2 Å². The third-order valence-electron chi connectivity index (χ3n) is 12.0. The maximum Gasteiger partial charge on any atom is 0.0654 e. The SMILES string of the molecule is C=CC[C@](C)(O)CC[C@@H](C)[C@H]1CC[C@H]2[C@]3(C)CC[C@H]4C[C@@](C)(O)CC[C@]4(C)[C@H]3CC[C@@]21C. The largest absolute Gasteiger partial charge is 0.390 e. The van der Waals surface area contributed by atoms with Crippen molar-refractivity contribution in [1.29, 1.82) is 0 Å². The van der Waals surface area contributed by atoms with E-state index in [2.05, 4.69) is 41.2 Å². The fourth-order valence-electron chi connectivity index (χ4n) is 10.2. The normalized spacial score (nSPS) is 51.1. The van der Waals surface area contributed by atoms with Gasteiger partial charge >= 0.3 is 0 Å². The first kappa shape index (κ1) is 24.8. The van der Waals surface area contributed by atoms with Crippen LogP contribution in [0.4, 0.5) is 0 Å².